The van der Waals surface area contributed by atoms with E-state index in [-0.39, 0.29) is 17.3 Å². The number of anilines is 3. The van der Waals surface area contributed by atoms with Gasteiger partial charge in [0, 0.05) is 31.9 Å². The molecule has 0 aliphatic carbocycles. The molecule has 0 saturated carbocycles. The van der Waals surface area contributed by atoms with Gasteiger partial charge in [-0.25, -0.2) is 8.42 Å². The van der Waals surface area contributed by atoms with Crippen LogP contribution in [0.3, 0.4) is 0 Å². The van der Waals surface area contributed by atoms with E-state index < -0.39 is 10.0 Å². The molecule has 2 saturated heterocycles. The molecule has 2 N–H and O–H groups in total. The molecule has 0 unspecified atom stereocenters. The molecule has 1 amide bonds. The van der Waals surface area contributed by atoms with E-state index in [0.717, 1.165) is 67.7 Å². The predicted molar refractivity (Wildman–Crippen MR) is 138 cm³/mol. The summed E-state index contributed by atoms with van der Waals surface area (Å²) in [6, 6.07) is 11.3. The van der Waals surface area contributed by atoms with Crippen molar-refractivity contribution in [2.75, 3.05) is 48.3 Å². The lowest BCUT2D eigenvalue weighted by molar-refractivity contribution is -0.114. The maximum absolute atomic E-state index is 13.3. The maximum atomic E-state index is 13.3. The first kappa shape index (κ1) is 24.5. The third-order valence-corrected chi connectivity index (χ3v) is 8.46. The van der Waals surface area contributed by atoms with E-state index in [4.69, 9.17) is 0 Å². The molecule has 2 heterocycles. The van der Waals surface area contributed by atoms with Gasteiger partial charge in [-0.3, -0.25) is 4.79 Å². The number of piperidine rings is 2. The minimum absolute atomic E-state index is 0.0566. The molecule has 0 bridgehead atoms. The van der Waals surface area contributed by atoms with Crippen molar-refractivity contribution in [3.63, 3.8) is 0 Å². The molecule has 2 aliphatic heterocycles. The second-order valence-electron chi connectivity index (χ2n) is 9.47. The Balaban J connectivity index is 1.55. The number of benzene rings is 2. The summed E-state index contributed by atoms with van der Waals surface area (Å²) in [6.07, 6.45) is 6.30. The summed E-state index contributed by atoms with van der Waals surface area (Å²) in [4.78, 5) is 15.3. The number of hydrogen-bond acceptors (Lipinski definition) is 5. The van der Waals surface area contributed by atoms with Gasteiger partial charge in [0.15, 0.2) is 0 Å². The quantitative estimate of drug-likeness (QED) is 0.604. The number of carbonyl (C=O) groups excluding carboxylic acids is 1. The number of nitrogens with one attached hydrogen (secondary N) is 2. The van der Waals surface area contributed by atoms with Gasteiger partial charge >= 0.3 is 0 Å². The smallest absolute Gasteiger partial charge is 0.243 e. The van der Waals surface area contributed by atoms with Crippen LogP contribution < -0.4 is 15.5 Å². The van der Waals surface area contributed by atoms with Crippen molar-refractivity contribution in [1.82, 2.24) is 4.31 Å². The van der Waals surface area contributed by atoms with E-state index in [1.807, 2.05) is 32.0 Å². The molecular formula is C26H36N4O3S. The predicted octanol–water partition coefficient (Wildman–Crippen LogP) is 4.52. The number of nitrogens with zero attached hydrogens (tertiary/aromatic N) is 2. The first-order chi connectivity index (χ1) is 16.3. The van der Waals surface area contributed by atoms with Crippen molar-refractivity contribution in [3.05, 3.63) is 47.5 Å². The summed E-state index contributed by atoms with van der Waals surface area (Å²) in [5.74, 6) is -0.168. The Morgan fingerprint density at radius 1 is 0.853 bits per heavy atom. The number of carbonyl (C=O) groups is 1. The fourth-order valence-corrected chi connectivity index (χ4v) is 6.45. The van der Waals surface area contributed by atoms with Crippen LogP contribution in [0.4, 0.5) is 17.1 Å². The van der Waals surface area contributed by atoms with Crippen LogP contribution in [-0.4, -0.2) is 51.4 Å². The van der Waals surface area contributed by atoms with Crippen LogP contribution in [0.5, 0.6) is 0 Å². The zero-order chi connectivity index (χ0) is 24.1. The number of rotatable bonds is 7. The van der Waals surface area contributed by atoms with Crippen LogP contribution in [-0.2, 0) is 14.8 Å². The van der Waals surface area contributed by atoms with Gasteiger partial charge in [0.25, 0.3) is 0 Å². The molecule has 184 valence electrons. The minimum atomic E-state index is -3.55. The molecule has 2 aliphatic rings. The molecule has 4 rings (SSSR count). The summed E-state index contributed by atoms with van der Waals surface area (Å²) in [5, 5.41) is 6.19. The molecule has 2 fully saturated rings. The van der Waals surface area contributed by atoms with Crippen LogP contribution in [0.15, 0.2) is 41.3 Å². The van der Waals surface area contributed by atoms with Crippen LogP contribution in [0, 0.1) is 13.8 Å². The number of sulfonamides is 1. The van der Waals surface area contributed by atoms with Gasteiger partial charge < -0.3 is 15.5 Å². The number of amides is 1. The maximum Gasteiger partial charge on any atom is 0.243 e. The number of hydrogen-bond donors (Lipinski definition) is 2. The van der Waals surface area contributed by atoms with Gasteiger partial charge in [-0.05, 0) is 87.4 Å². The summed E-state index contributed by atoms with van der Waals surface area (Å²) >= 11 is 0. The molecule has 0 aromatic heterocycles. The van der Waals surface area contributed by atoms with Gasteiger partial charge in [-0.15, -0.1) is 0 Å². The molecule has 34 heavy (non-hydrogen) atoms. The molecule has 0 atom stereocenters. The lowest BCUT2D eigenvalue weighted by Crippen LogP contribution is -2.36. The summed E-state index contributed by atoms with van der Waals surface area (Å²) < 4.78 is 28.1. The van der Waals surface area contributed by atoms with Gasteiger partial charge in [-0.2, -0.15) is 4.31 Å². The first-order valence-corrected chi connectivity index (χ1v) is 13.8. The van der Waals surface area contributed by atoms with Crippen molar-refractivity contribution in [2.24, 2.45) is 0 Å². The Morgan fingerprint density at radius 3 is 2.12 bits per heavy atom. The van der Waals surface area contributed by atoms with Crippen molar-refractivity contribution in [3.8, 4) is 0 Å². The molecule has 2 aromatic rings. The number of aryl methyl sites for hydroxylation is 2. The van der Waals surface area contributed by atoms with E-state index in [1.165, 1.54) is 6.42 Å². The summed E-state index contributed by atoms with van der Waals surface area (Å²) in [5.41, 5.74) is 4.59. The standard InChI is InChI=1S/C26H36N4O3S/c1-20-15-21(2)17-22(16-20)28-26(31)19-27-24-18-23(34(32,33)30-13-7-4-8-14-30)9-10-25(24)29-11-5-3-6-12-29/h9-10,15-18,27H,3-8,11-14,19H2,1-2H3,(H,28,31). The normalized spacial score (nSPS) is 17.4. The van der Waals surface area contributed by atoms with E-state index in [2.05, 4.69) is 21.6 Å². The molecule has 8 heteroatoms. The third-order valence-electron chi connectivity index (χ3n) is 6.56. The Hall–Kier alpha value is -2.58. The molecular weight excluding hydrogens is 448 g/mol. The SMILES string of the molecule is Cc1cc(C)cc(NC(=O)CNc2cc(S(=O)(=O)N3CCCCC3)ccc2N2CCCCC2)c1. The zero-order valence-electron chi connectivity index (χ0n) is 20.3. The Bertz CT molecular complexity index is 1100. The van der Waals surface area contributed by atoms with Crippen LogP contribution in [0.1, 0.15) is 49.7 Å². The highest BCUT2D eigenvalue weighted by atomic mass is 32.2. The van der Waals surface area contributed by atoms with Gasteiger partial charge in [-0.1, -0.05) is 12.5 Å². The average Bonchev–Trinajstić information content (AvgIpc) is 2.83. The highest BCUT2D eigenvalue weighted by Gasteiger charge is 2.27. The lowest BCUT2D eigenvalue weighted by atomic mass is 10.1. The Kier molecular flexibility index (Phi) is 7.78. The minimum Gasteiger partial charge on any atom is -0.374 e. The highest BCUT2D eigenvalue weighted by molar-refractivity contribution is 7.89. The Labute approximate surface area is 203 Å². The van der Waals surface area contributed by atoms with E-state index in [0.29, 0.717) is 18.8 Å². The fourth-order valence-electron chi connectivity index (χ4n) is 4.91. The van der Waals surface area contributed by atoms with Crippen LogP contribution in [0.25, 0.3) is 0 Å². The molecule has 0 spiro atoms. The largest absolute Gasteiger partial charge is 0.374 e. The van der Waals surface area contributed by atoms with Crippen molar-refractivity contribution in [1.29, 1.82) is 0 Å². The van der Waals surface area contributed by atoms with Crippen LogP contribution >= 0.6 is 0 Å². The molecule has 7 nitrogen and oxygen atoms in total. The highest BCUT2D eigenvalue weighted by Crippen LogP contribution is 2.32. The van der Waals surface area contributed by atoms with Crippen molar-refractivity contribution < 1.29 is 13.2 Å². The van der Waals surface area contributed by atoms with Gasteiger partial charge in [0.05, 0.1) is 22.8 Å². The monoisotopic (exact) mass is 484 g/mol. The van der Waals surface area contributed by atoms with Crippen LogP contribution in [0.2, 0.25) is 0 Å². The van der Waals surface area contributed by atoms with Crippen molar-refractivity contribution >= 4 is 33.0 Å². The second-order valence-corrected chi connectivity index (χ2v) is 11.4. The van der Waals surface area contributed by atoms with E-state index in [9.17, 15) is 13.2 Å². The van der Waals surface area contributed by atoms with Gasteiger partial charge in [0.1, 0.15) is 0 Å². The first-order valence-electron chi connectivity index (χ1n) is 12.3. The van der Waals surface area contributed by atoms with E-state index >= 15 is 0 Å². The second kappa shape index (κ2) is 10.8. The van der Waals surface area contributed by atoms with Crippen molar-refractivity contribution in [2.45, 2.75) is 57.3 Å². The average molecular weight is 485 g/mol. The fraction of sp³-hybridized carbons (Fsp3) is 0.500. The molecule has 2 aromatic carbocycles. The van der Waals surface area contributed by atoms with Gasteiger partial charge in [0.2, 0.25) is 15.9 Å². The summed E-state index contributed by atoms with van der Waals surface area (Å²) in [6.45, 7) is 7.05. The summed E-state index contributed by atoms with van der Waals surface area (Å²) in [7, 11) is -3.55. The zero-order valence-corrected chi connectivity index (χ0v) is 21.1. The third kappa shape index (κ3) is 5.91. The lowest BCUT2D eigenvalue weighted by Gasteiger charge is -2.31. The topological polar surface area (TPSA) is 81.8 Å². The Morgan fingerprint density at radius 2 is 1.47 bits per heavy atom. The van der Waals surface area contributed by atoms with E-state index in [1.54, 1.807) is 16.4 Å². The molecule has 0 radical (unpaired) electrons.